The average Bonchev–Trinajstić information content (AvgIpc) is 3.37. The number of hydrogen-bond donors (Lipinski definition) is 1. The van der Waals surface area contributed by atoms with Crippen LogP contribution in [0.4, 0.5) is 5.69 Å². The normalized spacial score (nSPS) is 16.3. The van der Waals surface area contributed by atoms with E-state index in [1.807, 2.05) is 30.3 Å². The topological polar surface area (TPSA) is 93.4 Å². The third-order valence-electron chi connectivity index (χ3n) is 7.80. The van der Waals surface area contributed by atoms with E-state index < -0.39 is 0 Å². The number of benzene rings is 2. The van der Waals surface area contributed by atoms with Crippen LogP contribution in [0.3, 0.4) is 0 Å². The standard InChI is InChI=1S/C30H36N4O4/c35-27(31-23-9-2-1-3-10-23)13-6-7-19-33-29(37)25-11-4-5-12-26(25)34(30(33)38)21-22-15-17-24(18-16-22)32-20-8-14-28(32)36/h4-5,11-12,15-18,23H,1-3,6-10,13-14,19-21H2,(H,31,35). The molecule has 0 bridgehead atoms. The van der Waals surface area contributed by atoms with Crippen LogP contribution in [0.5, 0.6) is 0 Å². The lowest BCUT2D eigenvalue weighted by Gasteiger charge is -2.22. The van der Waals surface area contributed by atoms with Gasteiger partial charge in [-0.2, -0.15) is 0 Å². The predicted octanol–water partition coefficient (Wildman–Crippen LogP) is 3.96. The van der Waals surface area contributed by atoms with Crippen molar-refractivity contribution in [2.75, 3.05) is 11.4 Å². The second kappa shape index (κ2) is 11.8. The Morgan fingerprint density at radius 1 is 0.868 bits per heavy atom. The summed E-state index contributed by atoms with van der Waals surface area (Å²) in [5.74, 6) is 0.192. The number of unbranched alkanes of at least 4 members (excludes halogenated alkanes) is 1. The van der Waals surface area contributed by atoms with Crippen molar-refractivity contribution >= 4 is 28.4 Å². The van der Waals surface area contributed by atoms with Crippen molar-refractivity contribution in [1.82, 2.24) is 14.5 Å². The maximum Gasteiger partial charge on any atom is 0.331 e. The van der Waals surface area contributed by atoms with E-state index in [4.69, 9.17) is 0 Å². The van der Waals surface area contributed by atoms with Crippen molar-refractivity contribution in [3.63, 3.8) is 0 Å². The van der Waals surface area contributed by atoms with Gasteiger partial charge in [-0.15, -0.1) is 0 Å². The third-order valence-corrected chi connectivity index (χ3v) is 7.80. The summed E-state index contributed by atoms with van der Waals surface area (Å²) in [4.78, 5) is 52.9. The Balaban J connectivity index is 1.29. The van der Waals surface area contributed by atoms with E-state index in [2.05, 4.69) is 5.32 Å². The van der Waals surface area contributed by atoms with E-state index in [-0.39, 0.29) is 35.6 Å². The Labute approximate surface area is 222 Å². The van der Waals surface area contributed by atoms with Gasteiger partial charge in [0.2, 0.25) is 11.8 Å². The van der Waals surface area contributed by atoms with Gasteiger partial charge in [0.25, 0.3) is 5.56 Å². The molecule has 0 spiro atoms. The lowest BCUT2D eigenvalue weighted by molar-refractivity contribution is -0.122. The summed E-state index contributed by atoms with van der Waals surface area (Å²) < 4.78 is 2.95. The van der Waals surface area contributed by atoms with E-state index in [0.29, 0.717) is 43.1 Å². The molecular formula is C30H36N4O4. The van der Waals surface area contributed by atoms with Crippen LogP contribution in [0.15, 0.2) is 58.1 Å². The zero-order valence-corrected chi connectivity index (χ0v) is 21.9. The maximum atomic E-state index is 13.5. The monoisotopic (exact) mass is 516 g/mol. The minimum absolute atomic E-state index is 0.0549. The molecule has 2 aromatic carbocycles. The first-order chi connectivity index (χ1) is 18.5. The minimum Gasteiger partial charge on any atom is -0.353 e. The summed E-state index contributed by atoms with van der Waals surface area (Å²) in [5, 5.41) is 3.63. The first kappa shape index (κ1) is 25.9. The maximum absolute atomic E-state index is 13.5. The summed E-state index contributed by atoms with van der Waals surface area (Å²) in [6.07, 6.45) is 8.74. The SMILES string of the molecule is O=C(CCCCn1c(=O)c2ccccc2n(Cc2ccc(N3CCCC3=O)cc2)c1=O)NC1CCCCC1. The zero-order valence-electron chi connectivity index (χ0n) is 21.9. The summed E-state index contributed by atoms with van der Waals surface area (Å²) >= 11 is 0. The predicted molar refractivity (Wildman–Crippen MR) is 148 cm³/mol. The number of fused-ring (bicyclic) bond motifs is 1. The van der Waals surface area contributed by atoms with Gasteiger partial charge in [0.05, 0.1) is 17.4 Å². The van der Waals surface area contributed by atoms with Gasteiger partial charge in [-0.3, -0.25) is 23.5 Å². The van der Waals surface area contributed by atoms with Crippen LogP contribution < -0.4 is 21.5 Å². The highest BCUT2D eigenvalue weighted by Crippen LogP contribution is 2.22. The number of carbonyl (C=O) groups excluding carboxylic acids is 2. The van der Waals surface area contributed by atoms with Crippen LogP contribution >= 0.6 is 0 Å². The smallest absolute Gasteiger partial charge is 0.331 e. The molecule has 3 aromatic rings. The molecule has 1 aliphatic heterocycles. The van der Waals surface area contributed by atoms with Gasteiger partial charge in [-0.05, 0) is 61.9 Å². The summed E-state index contributed by atoms with van der Waals surface area (Å²) in [6, 6.07) is 15.2. The molecule has 8 nitrogen and oxygen atoms in total. The molecule has 0 unspecified atom stereocenters. The molecule has 1 saturated carbocycles. The Morgan fingerprint density at radius 3 is 2.37 bits per heavy atom. The molecule has 5 rings (SSSR count). The Morgan fingerprint density at radius 2 is 1.63 bits per heavy atom. The molecule has 2 aliphatic rings. The second-order valence-corrected chi connectivity index (χ2v) is 10.5. The van der Waals surface area contributed by atoms with Gasteiger partial charge in [0, 0.05) is 37.7 Å². The number of nitrogens with zero attached hydrogens (tertiary/aromatic N) is 3. The highest BCUT2D eigenvalue weighted by atomic mass is 16.2. The quantitative estimate of drug-likeness (QED) is 0.436. The molecule has 200 valence electrons. The fourth-order valence-electron chi connectivity index (χ4n) is 5.71. The molecule has 0 radical (unpaired) electrons. The van der Waals surface area contributed by atoms with Crippen LogP contribution in [0.1, 0.15) is 69.8 Å². The van der Waals surface area contributed by atoms with E-state index in [1.54, 1.807) is 27.7 Å². The van der Waals surface area contributed by atoms with Crippen molar-refractivity contribution in [2.24, 2.45) is 0 Å². The second-order valence-electron chi connectivity index (χ2n) is 10.5. The number of amides is 2. The van der Waals surface area contributed by atoms with Crippen molar-refractivity contribution in [3.05, 3.63) is 74.9 Å². The minimum atomic E-state index is -0.348. The Bertz CT molecular complexity index is 1420. The molecular weight excluding hydrogens is 480 g/mol. The van der Waals surface area contributed by atoms with Gasteiger partial charge >= 0.3 is 5.69 Å². The van der Waals surface area contributed by atoms with Crippen LogP contribution in [0.2, 0.25) is 0 Å². The van der Waals surface area contributed by atoms with Gasteiger partial charge in [-0.25, -0.2) is 4.79 Å². The first-order valence-corrected chi connectivity index (χ1v) is 13.9. The number of anilines is 1. The van der Waals surface area contributed by atoms with Crippen LogP contribution in [0.25, 0.3) is 10.9 Å². The van der Waals surface area contributed by atoms with E-state index in [1.165, 1.54) is 23.8 Å². The van der Waals surface area contributed by atoms with Gasteiger partial charge in [-0.1, -0.05) is 43.5 Å². The average molecular weight is 517 g/mol. The number of nitrogens with one attached hydrogen (secondary N) is 1. The number of hydrogen-bond acceptors (Lipinski definition) is 4. The fourth-order valence-corrected chi connectivity index (χ4v) is 5.71. The third kappa shape index (κ3) is 5.74. The van der Waals surface area contributed by atoms with E-state index >= 15 is 0 Å². The lowest BCUT2D eigenvalue weighted by atomic mass is 9.95. The van der Waals surface area contributed by atoms with Crippen molar-refractivity contribution in [3.8, 4) is 0 Å². The van der Waals surface area contributed by atoms with Gasteiger partial charge in [0.15, 0.2) is 0 Å². The van der Waals surface area contributed by atoms with Crippen LogP contribution in [-0.4, -0.2) is 33.5 Å². The molecule has 2 heterocycles. The molecule has 1 aliphatic carbocycles. The molecule has 8 heteroatoms. The summed E-state index contributed by atoms with van der Waals surface area (Å²) in [5.41, 5.74) is 1.74. The number of carbonyl (C=O) groups is 2. The van der Waals surface area contributed by atoms with Gasteiger partial charge < -0.3 is 10.2 Å². The number of aromatic nitrogens is 2. The molecule has 2 amide bonds. The Kier molecular flexibility index (Phi) is 8.05. The van der Waals surface area contributed by atoms with Crippen LogP contribution in [0, 0.1) is 0 Å². The molecule has 1 aromatic heterocycles. The fraction of sp³-hybridized carbons (Fsp3) is 0.467. The summed E-state index contributed by atoms with van der Waals surface area (Å²) in [6.45, 7) is 1.32. The van der Waals surface area contributed by atoms with Crippen molar-refractivity contribution < 1.29 is 9.59 Å². The highest BCUT2D eigenvalue weighted by Gasteiger charge is 2.21. The molecule has 38 heavy (non-hydrogen) atoms. The van der Waals surface area contributed by atoms with E-state index in [0.717, 1.165) is 37.1 Å². The van der Waals surface area contributed by atoms with E-state index in [9.17, 15) is 19.2 Å². The van der Waals surface area contributed by atoms with Crippen molar-refractivity contribution in [1.29, 1.82) is 0 Å². The lowest BCUT2D eigenvalue weighted by Crippen LogP contribution is -2.40. The molecule has 1 saturated heterocycles. The molecule has 0 atom stereocenters. The zero-order chi connectivity index (χ0) is 26.5. The van der Waals surface area contributed by atoms with Crippen molar-refractivity contribution in [2.45, 2.75) is 83.3 Å². The van der Waals surface area contributed by atoms with Crippen LogP contribution in [-0.2, 0) is 22.7 Å². The molecule has 1 N–H and O–H groups in total. The largest absolute Gasteiger partial charge is 0.353 e. The number of para-hydroxylation sites is 1. The summed E-state index contributed by atoms with van der Waals surface area (Å²) in [7, 11) is 0. The molecule has 2 fully saturated rings. The highest BCUT2D eigenvalue weighted by molar-refractivity contribution is 5.95. The Hall–Kier alpha value is -3.68. The number of rotatable bonds is 9. The first-order valence-electron chi connectivity index (χ1n) is 13.9. The van der Waals surface area contributed by atoms with Gasteiger partial charge in [0.1, 0.15) is 0 Å².